The SMILES string of the molecule is Cc1noc(CSc2ccccc2C(=O)N(C)CCOc2ccc(Cl)cc2)n1. The average molecular weight is 418 g/mol. The Kier molecular flexibility index (Phi) is 6.95. The first-order chi connectivity index (χ1) is 13.5. The van der Waals surface area contributed by atoms with E-state index in [1.54, 1.807) is 43.1 Å². The van der Waals surface area contributed by atoms with Crippen molar-refractivity contribution in [3.8, 4) is 5.75 Å². The van der Waals surface area contributed by atoms with Gasteiger partial charge in [-0.1, -0.05) is 28.9 Å². The van der Waals surface area contributed by atoms with Crippen molar-refractivity contribution in [3.63, 3.8) is 0 Å². The van der Waals surface area contributed by atoms with E-state index in [1.165, 1.54) is 11.8 Å². The van der Waals surface area contributed by atoms with E-state index in [1.807, 2.05) is 24.3 Å². The molecule has 0 bridgehead atoms. The number of aromatic nitrogens is 2. The number of aryl methyl sites for hydroxylation is 1. The lowest BCUT2D eigenvalue weighted by Gasteiger charge is -2.19. The van der Waals surface area contributed by atoms with Crippen LogP contribution in [0.25, 0.3) is 0 Å². The topological polar surface area (TPSA) is 68.5 Å². The van der Waals surface area contributed by atoms with Crippen molar-refractivity contribution in [2.75, 3.05) is 20.2 Å². The first kappa shape index (κ1) is 20.2. The Morgan fingerprint density at radius 3 is 2.68 bits per heavy atom. The molecule has 0 aliphatic rings. The highest BCUT2D eigenvalue weighted by molar-refractivity contribution is 7.98. The van der Waals surface area contributed by atoms with E-state index in [-0.39, 0.29) is 5.91 Å². The fourth-order valence-electron chi connectivity index (χ4n) is 2.45. The summed E-state index contributed by atoms with van der Waals surface area (Å²) in [5.41, 5.74) is 0.637. The van der Waals surface area contributed by atoms with Gasteiger partial charge in [-0.2, -0.15) is 4.98 Å². The third-order valence-electron chi connectivity index (χ3n) is 3.89. The Bertz CT molecular complexity index is 930. The van der Waals surface area contributed by atoms with E-state index in [9.17, 15) is 4.79 Å². The van der Waals surface area contributed by atoms with Crippen molar-refractivity contribution < 1.29 is 14.1 Å². The van der Waals surface area contributed by atoms with E-state index in [2.05, 4.69) is 10.1 Å². The largest absolute Gasteiger partial charge is 0.492 e. The standard InChI is InChI=1S/C20H20ClN3O3S/c1-14-22-19(27-23-14)13-28-18-6-4-3-5-17(18)20(25)24(2)11-12-26-16-9-7-15(21)8-10-16/h3-10H,11-13H2,1-2H3. The molecule has 28 heavy (non-hydrogen) atoms. The second kappa shape index (κ2) is 9.61. The Labute approximate surface area is 172 Å². The lowest BCUT2D eigenvalue weighted by Crippen LogP contribution is -2.31. The van der Waals surface area contributed by atoms with Gasteiger partial charge in [0.15, 0.2) is 5.82 Å². The second-order valence-electron chi connectivity index (χ2n) is 6.05. The normalized spacial score (nSPS) is 10.7. The fraction of sp³-hybridized carbons (Fsp3) is 0.250. The Morgan fingerprint density at radius 1 is 1.21 bits per heavy atom. The number of ether oxygens (including phenoxy) is 1. The first-order valence-electron chi connectivity index (χ1n) is 8.68. The minimum atomic E-state index is -0.0653. The zero-order chi connectivity index (χ0) is 19.9. The van der Waals surface area contributed by atoms with Crippen LogP contribution >= 0.6 is 23.4 Å². The molecule has 0 unspecified atom stereocenters. The van der Waals surface area contributed by atoms with Crippen LogP contribution in [-0.4, -0.2) is 41.1 Å². The molecule has 146 valence electrons. The van der Waals surface area contributed by atoms with Gasteiger partial charge in [-0.3, -0.25) is 4.79 Å². The van der Waals surface area contributed by atoms with Gasteiger partial charge in [0.1, 0.15) is 12.4 Å². The van der Waals surface area contributed by atoms with Crippen LogP contribution in [0.2, 0.25) is 5.02 Å². The quantitative estimate of drug-likeness (QED) is 0.503. The van der Waals surface area contributed by atoms with Crippen LogP contribution in [0.1, 0.15) is 22.1 Å². The fourth-order valence-corrected chi connectivity index (χ4v) is 3.45. The molecular weight excluding hydrogens is 398 g/mol. The lowest BCUT2D eigenvalue weighted by atomic mass is 10.2. The van der Waals surface area contributed by atoms with E-state index < -0.39 is 0 Å². The number of nitrogens with zero attached hydrogens (tertiary/aromatic N) is 3. The van der Waals surface area contributed by atoms with Crippen molar-refractivity contribution in [2.45, 2.75) is 17.6 Å². The van der Waals surface area contributed by atoms with Crippen molar-refractivity contribution in [3.05, 3.63) is 70.8 Å². The predicted octanol–water partition coefficient (Wildman–Crippen LogP) is 4.47. The van der Waals surface area contributed by atoms with Gasteiger partial charge in [0.05, 0.1) is 17.9 Å². The van der Waals surface area contributed by atoms with Crippen molar-refractivity contribution in [2.24, 2.45) is 0 Å². The van der Waals surface area contributed by atoms with Crippen LogP contribution in [0.4, 0.5) is 0 Å². The molecule has 1 heterocycles. The van der Waals surface area contributed by atoms with Gasteiger partial charge >= 0.3 is 0 Å². The number of hydrogen-bond donors (Lipinski definition) is 0. The van der Waals surface area contributed by atoms with Gasteiger partial charge in [-0.05, 0) is 43.3 Å². The van der Waals surface area contributed by atoms with Gasteiger partial charge in [-0.15, -0.1) is 11.8 Å². The third kappa shape index (κ3) is 5.50. The molecule has 0 N–H and O–H groups in total. The van der Waals surface area contributed by atoms with E-state index in [0.29, 0.717) is 41.2 Å². The van der Waals surface area contributed by atoms with E-state index in [4.69, 9.17) is 20.9 Å². The van der Waals surface area contributed by atoms with Crippen molar-refractivity contribution in [1.29, 1.82) is 0 Å². The molecule has 0 spiro atoms. The number of carbonyl (C=O) groups is 1. The molecule has 0 aliphatic carbocycles. The molecule has 3 aromatic rings. The minimum Gasteiger partial charge on any atom is -0.492 e. The maximum atomic E-state index is 12.9. The summed E-state index contributed by atoms with van der Waals surface area (Å²) in [4.78, 5) is 19.6. The van der Waals surface area contributed by atoms with Gasteiger partial charge in [0, 0.05) is 17.0 Å². The predicted molar refractivity (Wildman–Crippen MR) is 109 cm³/mol. The minimum absolute atomic E-state index is 0.0653. The Hall–Kier alpha value is -2.51. The highest BCUT2D eigenvalue weighted by atomic mass is 35.5. The zero-order valence-corrected chi connectivity index (χ0v) is 17.2. The van der Waals surface area contributed by atoms with Gasteiger partial charge in [-0.25, -0.2) is 0 Å². The molecule has 3 rings (SSSR count). The molecule has 0 radical (unpaired) electrons. The first-order valence-corrected chi connectivity index (χ1v) is 10.0. The van der Waals surface area contributed by atoms with Crippen LogP contribution < -0.4 is 4.74 Å². The number of halogens is 1. The van der Waals surface area contributed by atoms with Crippen LogP contribution in [0.5, 0.6) is 5.75 Å². The van der Waals surface area contributed by atoms with Crippen LogP contribution in [0.15, 0.2) is 57.9 Å². The summed E-state index contributed by atoms with van der Waals surface area (Å²) in [5, 5.41) is 4.44. The van der Waals surface area contributed by atoms with Crippen LogP contribution in [0.3, 0.4) is 0 Å². The highest BCUT2D eigenvalue weighted by Gasteiger charge is 2.16. The maximum Gasteiger partial charge on any atom is 0.254 e. The average Bonchev–Trinajstić information content (AvgIpc) is 3.12. The number of rotatable bonds is 8. The monoisotopic (exact) mass is 417 g/mol. The van der Waals surface area contributed by atoms with Gasteiger partial charge < -0.3 is 14.2 Å². The lowest BCUT2D eigenvalue weighted by molar-refractivity contribution is 0.0770. The third-order valence-corrected chi connectivity index (χ3v) is 5.20. The molecule has 6 nitrogen and oxygen atoms in total. The van der Waals surface area contributed by atoms with Crippen molar-refractivity contribution in [1.82, 2.24) is 15.0 Å². The van der Waals surface area contributed by atoms with Crippen molar-refractivity contribution >= 4 is 29.3 Å². The zero-order valence-electron chi connectivity index (χ0n) is 15.6. The van der Waals surface area contributed by atoms with Crippen LogP contribution in [-0.2, 0) is 5.75 Å². The summed E-state index contributed by atoms with van der Waals surface area (Å²) in [6.45, 7) is 2.62. The molecule has 0 atom stereocenters. The molecule has 2 aromatic carbocycles. The molecule has 0 aliphatic heterocycles. The number of likely N-dealkylation sites (N-methyl/N-ethyl adjacent to an activating group) is 1. The molecule has 0 fully saturated rings. The van der Waals surface area contributed by atoms with Gasteiger partial charge in [0.25, 0.3) is 5.91 Å². The summed E-state index contributed by atoms with van der Waals surface area (Å²) in [5.74, 6) is 2.30. The summed E-state index contributed by atoms with van der Waals surface area (Å²) in [6.07, 6.45) is 0. The van der Waals surface area contributed by atoms with Crippen LogP contribution in [0, 0.1) is 6.92 Å². The maximum absolute atomic E-state index is 12.9. The van der Waals surface area contributed by atoms with E-state index >= 15 is 0 Å². The molecule has 1 aromatic heterocycles. The number of carbonyl (C=O) groups excluding carboxylic acids is 1. The molecule has 1 amide bonds. The van der Waals surface area contributed by atoms with E-state index in [0.717, 1.165) is 10.6 Å². The Balaban J connectivity index is 1.57. The summed E-state index contributed by atoms with van der Waals surface area (Å²) < 4.78 is 10.8. The smallest absolute Gasteiger partial charge is 0.254 e. The Morgan fingerprint density at radius 2 is 1.96 bits per heavy atom. The summed E-state index contributed by atoms with van der Waals surface area (Å²) in [6, 6.07) is 14.6. The van der Waals surface area contributed by atoms with Gasteiger partial charge in [0.2, 0.25) is 5.89 Å². The number of hydrogen-bond acceptors (Lipinski definition) is 6. The number of benzene rings is 2. The molecule has 8 heteroatoms. The highest BCUT2D eigenvalue weighted by Crippen LogP contribution is 2.26. The summed E-state index contributed by atoms with van der Waals surface area (Å²) >= 11 is 7.36. The number of amides is 1. The summed E-state index contributed by atoms with van der Waals surface area (Å²) in [7, 11) is 1.76. The molecule has 0 saturated carbocycles. The molecule has 0 saturated heterocycles. The molecular formula is C20H20ClN3O3S. The second-order valence-corrected chi connectivity index (χ2v) is 7.50. The number of thioether (sulfide) groups is 1.